The lowest BCUT2D eigenvalue weighted by Gasteiger charge is -2.25. The topological polar surface area (TPSA) is 87.1 Å². The summed E-state index contributed by atoms with van der Waals surface area (Å²) in [5.41, 5.74) is 2.56. The van der Waals surface area contributed by atoms with Crippen molar-refractivity contribution >= 4 is 23.9 Å². The van der Waals surface area contributed by atoms with E-state index in [1.54, 1.807) is 68.0 Å². The number of carbonyl (C=O) groups is 1. The highest BCUT2D eigenvalue weighted by Gasteiger charge is 2.48. The number of benzene rings is 2. The number of carbonyl (C=O) groups excluding carboxylic acids is 1. The van der Waals surface area contributed by atoms with Crippen LogP contribution in [0.1, 0.15) is 16.7 Å². The molecule has 0 amide bonds. The van der Waals surface area contributed by atoms with Gasteiger partial charge in [0.2, 0.25) is 6.79 Å². The van der Waals surface area contributed by atoms with Crippen molar-refractivity contribution in [3.05, 3.63) is 89.3 Å². The molecule has 0 bridgehead atoms. The molecule has 0 saturated carbocycles. The zero-order valence-corrected chi connectivity index (χ0v) is 17.9. The van der Waals surface area contributed by atoms with Crippen molar-refractivity contribution in [2.45, 2.75) is 12.2 Å². The van der Waals surface area contributed by atoms with Gasteiger partial charge in [0.1, 0.15) is 5.75 Å². The van der Waals surface area contributed by atoms with Crippen LogP contribution in [0.5, 0.6) is 17.2 Å². The van der Waals surface area contributed by atoms with Crippen LogP contribution in [0.4, 0.5) is 0 Å². The molecular weight excluding hydrogens is 434 g/mol. The Labute approximate surface area is 190 Å². The quantitative estimate of drug-likeness (QED) is 0.590. The smallest absolute Gasteiger partial charge is 0.342 e. The number of pyridine rings is 1. The first-order valence-electron chi connectivity index (χ1n) is 9.71. The summed E-state index contributed by atoms with van der Waals surface area (Å²) < 4.78 is 21.6. The highest BCUT2D eigenvalue weighted by atomic mass is 35.5. The molecular formula is C24H20ClNO6. The third-order valence-corrected chi connectivity index (χ3v) is 5.40. The van der Waals surface area contributed by atoms with Crippen LogP contribution < -0.4 is 14.2 Å². The number of cyclic esters (lactones) is 1. The van der Waals surface area contributed by atoms with Crippen LogP contribution in [0.25, 0.3) is 5.57 Å². The van der Waals surface area contributed by atoms with E-state index in [1.165, 1.54) is 0 Å². The molecule has 7 nitrogen and oxygen atoms in total. The summed E-state index contributed by atoms with van der Waals surface area (Å²) in [6.07, 6.45) is 3.63. The minimum Gasteiger partial charge on any atom is -0.497 e. The minimum absolute atomic E-state index is 0. The summed E-state index contributed by atoms with van der Waals surface area (Å²) in [4.78, 5) is 17.2. The Kier molecular flexibility index (Phi) is 5.78. The lowest BCUT2D eigenvalue weighted by atomic mass is 9.88. The third kappa shape index (κ3) is 3.66. The molecule has 1 atom stereocenters. The monoisotopic (exact) mass is 453 g/mol. The zero-order valence-electron chi connectivity index (χ0n) is 17.1. The van der Waals surface area contributed by atoms with Gasteiger partial charge in [0.05, 0.1) is 12.7 Å². The van der Waals surface area contributed by atoms with E-state index in [2.05, 4.69) is 4.98 Å². The van der Waals surface area contributed by atoms with Crippen LogP contribution in [0.3, 0.4) is 0 Å². The third-order valence-electron chi connectivity index (χ3n) is 5.40. The molecule has 2 aromatic carbocycles. The van der Waals surface area contributed by atoms with Crippen molar-refractivity contribution in [2.24, 2.45) is 0 Å². The van der Waals surface area contributed by atoms with E-state index in [0.717, 1.165) is 5.56 Å². The van der Waals surface area contributed by atoms with Gasteiger partial charge in [0.15, 0.2) is 11.5 Å². The van der Waals surface area contributed by atoms with Gasteiger partial charge in [-0.05, 0) is 53.6 Å². The molecule has 0 aliphatic carbocycles. The Morgan fingerprint density at radius 3 is 2.59 bits per heavy atom. The van der Waals surface area contributed by atoms with Gasteiger partial charge in [-0.3, -0.25) is 4.98 Å². The lowest BCUT2D eigenvalue weighted by Crippen LogP contribution is -2.29. The first-order valence-corrected chi connectivity index (χ1v) is 9.71. The number of esters is 1. The normalized spacial score (nSPS) is 18.9. The summed E-state index contributed by atoms with van der Waals surface area (Å²) >= 11 is 0. The number of hydrogen-bond acceptors (Lipinski definition) is 7. The van der Waals surface area contributed by atoms with Gasteiger partial charge < -0.3 is 24.1 Å². The van der Waals surface area contributed by atoms with Crippen molar-refractivity contribution in [3.63, 3.8) is 0 Å². The van der Waals surface area contributed by atoms with E-state index in [1.807, 2.05) is 6.07 Å². The second-order valence-corrected chi connectivity index (χ2v) is 7.22. The first kappa shape index (κ1) is 21.7. The van der Waals surface area contributed by atoms with Crippen molar-refractivity contribution in [2.75, 3.05) is 13.9 Å². The zero-order chi connectivity index (χ0) is 21.4. The molecule has 32 heavy (non-hydrogen) atoms. The van der Waals surface area contributed by atoms with E-state index in [4.69, 9.17) is 18.9 Å². The fourth-order valence-electron chi connectivity index (χ4n) is 3.85. The Morgan fingerprint density at radius 2 is 1.88 bits per heavy atom. The number of halogens is 1. The molecule has 164 valence electrons. The van der Waals surface area contributed by atoms with Gasteiger partial charge in [0.25, 0.3) is 5.79 Å². The van der Waals surface area contributed by atoms with Gasteiger partial charge in [0, 0.05) is 30.0 Å². The molecule has 0 saturated heterocycles. The van der Waals surface area contributed by atoms with Crippen LogP contribution in [0.2, 0.25) is 0 Å². The first-order chi connectivity index (χ1) is 15.1. The van der Waals surface area contributed by atoms with Crippen molar-refractivity contribution in [3.8, 4) is 17.2 Å². The fraction of sp³-hybridized carbons (Fsp3) is 0.167. The Hall–Kier alpha value is -3.55. The van der Waals surface area contributed by atoms with Gasteiger partial charge in [-0.2, -0.15) is 0 Å². The van der Waals surface area contributed by atoms with Crippen LogP contribution >= 0.6 is 12.4 Å². The van der Waals surface area contributed by atoms with Gasteiger partial charge in [-0.15, -0.1) is 12.4 Å². The molecule has 1 aromatic heterocycles. The molecule has 2 aliphatic rings. The van der Waals surface area contributed by atoms with Crippen LogP contribution in [-0.2, 0) is 21.7 Å². The van der Waals surface area contributed by atoms with E-state index >= 15 is 0 Å². The van der Waals surface area contributed by atoms with Gasteiger partial charge >= 0.3 is 5.97 Å². The molecule has 3 aromatic rings. The SMILES string of the molecule is COc1ccc(C2(O)OC(=O)C(c3ccc4c(c3)OCO4)=C2Cc2cccnc2)cc1.Cl. The summed E-state index contributed by atoms with van der Waals surface area (Å²) in [5, 5.41) is 11.6. The second-order valence-electron chi connectivity index (χ2n) is 7.22. The predicted octanol–water partition coefficient (Wildman–Crippen LogP) is 3.64. The average molecular weight is 454 g/mol. The molecule has 5 rings (SSSR count). The Morgan fingerprint density at radius 1 is 1.09 bits per heavy atom. The van der Waals surface area contributed by atoms with E-state index in [0.29, 0.717) is 39.5 Å². The summed E-state index contributed by atoms with van der Waals surface area (Å²) in [7, 11) is 1.56. The molecule has 0 radical (unpaired) electrons. The van der Waals surface area contributed by atoms with Crippen LogP contribution in [0, 0.1) is 0 Å². The standard InChI is InChI=1S/C24H19NO6.ClH/c1-28-18-7-5-17(6-8-18)24(27)19(11-15-3-2-10-25-13-15)22(23(26)31-24)16-4-9-20-21(12-16)30-14-29-20;/h2-10,12-13,27H,11,14H2,1H3;1H. The number of hydrogen-bond donors (Lipinski definition) is 1. The van der Waals surface area contributed by atoms with E-state index in [-0.39, 0.29) is 25.6 Å². The summed E-state index contributed by atoms with van der Waals surface area (Å²) in [5.74, 6) is -0.764. The molecule has 1 unspecified atom stereocenters. The predicted molar refractivity (Wildman–Crippen MR) is 118 cm³/mol. The fourth-order valence-corrected chi connectivity index (χ4v) is 3.85. The minimum atomic E-state index is -1.93. The van der Waals surface area contributed by atoms with Gasteiger partial charge in [-0.25, -0.2) is 4.79 Å². The van der Waals surface area contributed by atoms with Crippen molar-refractivity contribution in [1.82, 2.24) is 4.98 Å². The molecule has 3 heterocycles. The Bertz CT molecular complexity index is 1180. The van der Waals surface area contributed by atoms with Crippen LogP contribution in [0.15, 0.2) is 72.6 Å². The number of aliphatic hydroxyl groups is 1. The summed E-state index contributed by atoms with van der Waals surface area (Å²) in [6.45, 7) is 0.126. The van der Waals surface area contributed by atoms with E-state index < -0.39 is 11.8 Å². The second kappa shape index (κ2) is 8.53. The molecule has 0 spiro atoms. The highest BCUT2D eigenvalue weighted by molar-refractivity contribution is 6.20. The highest BCUT2D eigenvalue weighted by Crippen LogP contribution is 2.46. The van der Waals surface area contributed by atoms with Gasteiger partial charge in [-0.1, -0.05) is 12.1 Å². The number of ether oxygens (including phenoxy) is 4. The number of aromatic nitrogens is 1. The largest absolute Gasteiger partial charge is 0.497 e. The molecule has 1 N–H and O–H groups in total. The molecule has 8 heteroatoms. The number of fused-ring (bicyclic) bond motifs is 1. The number of methoxy groups -OCH3 is 1. The molecule has 0 fully saturated rings. The van der Waals surface area contributed by atoms with Crippen LogP contribution in [-0.4, -0.2) is 30.0 Å². The van der Waals surface area contributed by atoms with Crippen molar-refractivity contribution < 1.29 is 28.8 Å². The summed E-state index contributed by atoms with van der Waals surface area (Å²) in [6, 6.07) is 15.7. The van der Waals surface area contributed by atoms with Crippen molar-refractivity contribution in [1.29, 1.82) is 0 Å². The Balaban J connectivity index is 0.00000245. The maximum Gasteiger partial charge on any atom is 0.342 e. The maximum absolute atomic E-state index is 13.0. The average Bonchev–Trinajstić information content (AvgIpc) is 3.36. The molecule has 2 aliphatic heterocycles. The maximum atomic E-state index is 13.0. The van der Waals surface area contributed by atoms with E-state index in [9.17, 15) is 9.90 Å². The number of nitrogens with zero attached hydrogens (tertiary/aromatic N) is 1. The number of rotatable bonds is 5. The lowest BCUT2D eigenvalue weighted by molar-refractivity contribution is -0.185.